The van der Waals surface area contributed by atoms with Gasteiger partial charge in [-0.2, -0.15) is 5.26 Å². The van der Waals surface area contributed by atoms with Crippen LogP contribution in [0.2, 0.25) is 0 Å². The lowest BCUT2D eigenvalue weighted by molar-refractivity contribution is -0.134. The minimum absolute atomic E-state index is 0.0395. The van der Waals surface area contributed by atoms with Crippen molar-refractivity contribution in [3.63, 3.8) is 0 Å². The van der Waals surface area contributed by atoms with Crippen LogP contribution < -0.4 is 10.5 Å². The topological polar surface area (TPSA) is 101 Å². The van der Waals surface area contributed by atoms with Crippen LogP contribution in [-0.4, -0.2) is 42.1 Å². The van der Waals surface area contributed by atoms with E-state index in [0.717, 1.165) is 12.8 Å². The Balaban J connectivity index is 1.62. The molecule has 0 radical (unpaired) electrons. The summed E-state index contributed by atoms with van der Waals surface area (Å²) in [5, 5.41) is 9.23. The highest BCUT2D eigenvalue weighted by Gasteiger charge is 2.55. The van der Waals surface area contributed by atoms with Gasteiger partial charge in [-0.3, -0.25) is 9.69 Å². The van der Waals surface area contributed by atoms with Gasteiger partial charge in [0.05, 0.1) is 11.2 Å². The Kier molecular flexibility index (Phi) is 5.14. The first-order chi connectivity index (χ1) is 16.1. The molecule has 3 aliphatic rings. The fraction of sp³-hybridized carbons (Fsp3) is 0.423. The smallest absolute Gasteiger partial charge is 0.261 e. The average Bonchev–Trinajstić information content (AvgIpc) is 3.02. The molecule has 0 bridgehead atoms. The van der Waals surface area contributed by atoms with Crippen molar-refractivity contribution >= 4 is 11.9 Å². The zero-order valence-corrected chi connectivity index (χ0v) is 19.5. The van der Waals surface area contributed by atoms with Crippen molar-refractivity contribution in [2.75, 3.05) is 13.7 Å². The molecule has 1 saturated heterocycles. The quantitative estimate of drug-likeness (QED) is 0.733. The van der Waals surface area contributed by atoms with Crippen LogP contribution in [0.5, 0.6) is 5.75 Å². The predicted octanol–water partition coefficient (Wildman–Crippen LogP) is 3.70. The summed E-state index contributed by atoms with van der Waals surface area (Å²) in [6.45, 7) is 4.75. The van der Waals surface area contributed by atoms with Crippen molar-refractivity contribution in [3.05, 3.63) is 53.3 Å². The van der Waals surface area contributed by atoms with Crippen LogP contribution >= 0.6 is 0 Å². The maximum Gasteiger partial charge on any atom is 0.261 e. The monoisotopic (exact) mass is 462 g/mol. The Hall–Kier alpha value is -3.44. The number of carbonyl (C=O) groups excluding carboxylic acids is 1. The van der Waals surface area contributed by atoms with Crippen LogP contribution in [0.4, 0.5) is 4.39 Å². The lowest BCUT2D eigenvalue weighted by atomic mass is 9.74. The standard InChI is InChI=1S/C26H27FN4O3/c1-25(2)12-16(9-10-33-25)21-13-26(23(32)31(3)24(29)30-26)19-11-15(7-8-20(19)34-21)18-6-4-5-17(14-28)22(18)27/h4-8,11,16,21H,9-10,12-13H2,1-3H3,(H2,29,30). The third kappa shape index (κ3) is 3.43. The number of nitrogens with zero attached hydrogens (tertiary/aromatic N) is 3. The van der Waals surface area contributed by atoms with Gasteiger partial charge in [0.1, 0.15) is 23.7 Å². The van der Waals surface area contributed by atoms with E-state index in [0.29, 0.717) is 29.9 Å². The van der Waals surface area contributed by atoms with E-state index < -0.39 is 11.4 Å². The zero-order chi connectivity index (χ0) is 24.3. The van der Waals surface area contributed by atoms with Gasteiger partial charge in [0.2, 0.25) is 0 Å². The molecule has 3 heterocycles. The molecule has 34 heavy (non-hydrogen) atoms. The maximum atomic E-state index is 14.9. The van der Waals surface area contributed by atoms with Gasteiger partial charge in [-0.05, 0) is 50.5 Å². The molecule has 2 N–H and O–H groups in total. The molecule has 7 nitrogen and oxygen atoms in total. The molecule has 3 aliphatic heterocycles. The first-order valence-electron chi connectivity index (χ1n) is 11.4. The van der Waals surface area contributed by atoms with Crippen molar-refractivity contribution in [1.29, 1.82) is 5.26 Å². The van der Waals surface area contributed by atoms with Crippen LogP contribution in [0.25, 0.3) is 11.1 Å². The molecule has 0 saturated carbocycles. The largest absolute Gasteiger partial charge is 0.490 e. The molecule has 8 heteroatoms. The third-order valence-electron chi connectivity index (χ3n) is 7.20. The summed E-state index contributed by atoms with van der Waals surface area (Å²) in [4.78, 5) is 19.6. The van der Waals surface area contributed by atoms with Gasteiger partial charge in [-0.1, -0.05) is 18.2 Å². The molecule has 3 unspecified atom stereocenters. The van der Waals surface area contributed by atoms with Crippen molar-refractivity contribution in [2.45, 2.75) is 50.4 Å². The second-order valence-electron chi connectivity index (χ2n) is 9.91. The first kappa shape index (κ1) is 22.4. The molecule has 1 fully saturated rings. The molecular formula is C26H27FN4O3. The van der Waals surface area contributed by atoms with Gasteiger partial charge in [0, 0.05) is 37.1 Å². The minimum atomic E-state index is -1.24. The number of hydrogen-bond donors (Lipinski definition) is 1. The number of fused-ring (bicyclic) bond motifs is 2. The number of amides is 1. The van der Waals surface area contributed by atoms with Crippen molar-refractivity contribution in [1.82, 2.24) is 4.90 Å². The highest BCUT2D eigenvalue weighted by Crippen LogP contribution is 2.50. The van der Waals surface area contributed by atoms with Gasteiger partial charge < -0.3 is 15.2 Å². The van der Waals surface area contributed by atoms with Crippen LogP contribution in [0.3, 0.4) is 0 Å². The number of hydrogen-bond acceptors (Lipinski definition) is 6. The van der Waals surface area contributed by atoms with E-state index in [1.807, 2.05) is 6.07 Å². The Morgan fingerprint density at radius 1 is 1.26 bits per heavy atom. The number of rotatable bonds is 2. The summed E-state index contributed by atoms with van der Waals surface area (Å²) in [5.74, 6) is 0.0480. The predicted molar refractivity (Wildman–Crippen MR) is 124 cm³/mol. The number of guanidine groups is 1. The fourth-order valence-electron chi connectivity index (χ4n) is 5.44. The van der Waals surface area contributed by atoms with Crippen molar-refractivity contribution in [2.24, 2.45) is 16.6 Å². The van der Waals surface area contributed by atoms with Crippen molar-refractivity contribution < 1.29 is 18.7 Å². The Morgan fingerprint density at radius 2 is 2.06 bits per heavy atom. The highest BCUT2D eigenvalue weighted by atomic mass is 19.1. The molecule has 1 spiro atoms. The number of likely N-dealkylation sites (N-methyl/N-ethyl adjacent to an activating group) is 1. The van der Waals surface area contributed by atoms with E-state index in [1.54, 1.807) is 37.4 Å². The zero-order valence-electron chi connectivity index (χ0n) is 19.5. The normalized spacial score (nSPS) is 27.7. The molecule has 1 amide bonds. The van der Waals surface area contributed by atoms with E-state index >= 15 is 0 Å². The average molecular weight is 463 g/mol. The fourth-order valence-corrected chi connectivity index (χ4v) is 5.44. The number of ether oxygens (including phenoxy) is 2. The minimum Gasteiger partial charge on any atom is -0.490 e. The van der Waals surface area contributed by atoms with Gasteiger partial charge >= 0.3 is 0 Å². The lowest BCUT2D eigenvalue weighted by Crippen LogP contribution is -2.49. The van der Waals surface area contributed by atoms with E-state index in [-0.39, 0.29) is 40.6 Å². The molecule has 2 aromatic carbocycles. The van der Waals surface area contributed by atoms with E-state index in [4.69, 9.17) is 15.2 Å². The molecule has 2 aromatic rings. The summed E-state index contributed by atoms with van der Waals surface area (Å²) < 4.78 is 27.3. The number of nitrogens with two attached hydrogens (primary N) is 1. The summed E-state index contributed by atoms with van der Waals surface area (Å²) in [6, 6.07) is 11.8. The van der Waals surface area contributed by atoms with Crippen LogP contribution in [0.15, 0.2) is 41.4 Å². The van der Waals surface area contributed by atoms with E-state index in [2.05, 4.69) is 18.8 Å². The van der Waals surface area contributed by atoms with E-state index in [1.165, 1.54) is 11.0 Å². The Bertz CT molecular complexity index is 1250. The van der Waals surface area contributed by atoms with Crippen LogP contribution in [0.1, 0.15) is 44.2 Å². The summed E-state index contributed by atoms with van der Waals surface area (Å²) >= 11 is 0. The molecule has 5 rings (SSSR count). The number of nitriles is 1. The first-order valence-corrected chi connectivity index (χ1v) is 11.4. The van der Waals surface area contributed by atoms with E-state index in [9.17, 15) is 14.4 Å². The van der Waals surface area contributed by atoms with Gasteiger partial charge in [-0.25, -0.2) is 9.38 Å². The summed E-state index contributed by atoms with van der Waals surface area (Å²) in [5.41, 5.74) is 5.94. The van der Waals surface area contributed by atoms with Crippen LogP contribution in [-0.2, 0) is 15.1 Å². The molecule has 0 aromatic heterocycles. The van der Waals surface area contributed by atoms with Gasteiger partial charge in [-0.15, -0.1) is 0 Å². The number of benzene rings is 2. The summed E-state index contributed by atoms with van der Waals surface area (Å²) in [6.07, 6.45) is 1.73. The second-order valence-corrected chi connectivity index (χ2v) is 9.91. The molecule has 0 aliphatic carbocycles. The Labute approximate surface area is 198 Å². The van der Waals surface area contributed by atoms with Gasteiger partial charge in [0.15, 0.2) is 11.5 Å². The maximum absolute atomic E-state index is 14.9. The lowest BCUT2D eigenvalue weighted by Gasteiger charge is -2.44. The number of aliphatic imine (C=N–C) groups is 1. The molecule has 176 valence electrons. The van der Waals surface area contributed by atoms with Crippen molar-refractivity contribution in [3.8, 4) is 22.9 Å². The third-order valence-corrected chi connectivity index (χ3v) is 7.20. The highest BCUT2D eigenvalue weighted by molar-refractivity contribution is 6.07. The van der Waals surface area contributed by atoms with Crippen LogP contribution in [0, 0.1) is 23.1 Å². The Morgan fingerprint density at radius 3 is 2.74 bits per heavy atom. The van der Waals surface area contributed by atoms with Gasteiger partial charge in [0.25, 0.3) is 5.91 Å². The number of carbonyl (C=O) groups is 1. The SMILES string of the molecule is CN1C(=O)C2(CC(C3CCOC(C)(C)C3)Oc3ccc(-c4cccc(C#N)c4F)cc32)N=C1N. The second kappa shape index (κ2) is 7.81. The summed E-state index contributed by atoms with van der Waals surface area (Å²) in [7, 11) is 1.61. The molecular weight excluding hydrogens is 435 g/mol. The molecule has 3 atom stereocenters. The number of halogens is 1.